The molecular weight excluding hydrogens is 275 g/mol. The number of halogens is 1. The van der Waals surface area contributed by atoms with Crippen molar-refractivity contribution in [3.05, 3.63) is 29.6 Å². The van der Waals surface area contributed by atoms with Crippen LogP contribution in [0.1, 0.15) is 38.8 Å². The SMILES string of the molecule is CC(C)(C)NCC(=O)NC1CCSc2ccc(F)cc21. The average Bonchev–Trinajstić information content (AvgIpc) is 2.36. The standard InChI is InChI=1S/C15H21FN2OS/c1-15(2,3)17-9-14(19)18-12-6-7-20-13-5-4-10(16)8-11(12)13/h4-5,8,12,17H,6-7,9H2,1-3H3,(H,18,19). The Kier molecular flexibility index (Phi) is 4.70. The van der Waals surface area contributed by atoms with Crippen LogP contribution in [0.3, 0.4) is 0 Å². The molecule has 1 aliphatic heterocycles. The second kappa shape index (κ2) is 6.14. The van der Waals surface area contributed by atoms with Gasteiger partial charge in [0.15, 0.2) is 0 Å². The van der Waals surface area contributed by atoms with Crippen LogP contribution in [0.15, 0.2) is 23.1 Å². The Balaban J connectivity index is 2.01. The van der Waals surface area contributed by atoms with E-state index < -0.39 is 0 Å². The number of fused-ring (bicyclic) bond motifs is 1. The van der Waals surface area contributed by atoms with Crippen molar-refractivity contribution in [1.29, 1.82) is 0 Å². The fraction of sp³-hybridized carbons (Fsp3) is 0.533. The largest absolute Gasteiger partial charge is 0.348 e. The van der Waals surface area contributed by atoms with Crippen LogP contribution in [0.25, 0.3) is 0 Å². The lowest BCUT2D eigenvalue weighted by atomic mass is 10.0. The maximum atomic E-state index is 13.4. The molecule has 1 atom stereocenters. The molecule has 110 valence electrons. The van der Waals surface area contributed by atoms with Gasteiger partial charge in [0.1, 0.15) is 5.82 Å². The first-order valence-corrected chi connectivity index (χ1v) is 7.80. The van der Waals surface area contributed by atoms with E-state index in [4.69, 9.17) is 0 Å². The molecule has 1 amide bonds. The van der Waals surface area contributed by atoms with Gasteiger partial charge in [0, 0.05) is 16.2 Å². The third-order valence-electron chi connectivity index (χ3n) is 3.13. The van der Waals surface area contributed by atoms with Crippen molar-refractivity contribution in [3.8, 4) is 0 Å². The zero-order valence-corrected chi connectivity index (χ0v) is 12.9. The molecule has 0 aliphatic carbocycles. The predicted molar refractivity (Wildman–Crippen MR) is 80.4 cm³/mol. The van der Waals surface area contributed by atoms with Crippen molar-refractivity contribution in [1.82, 2.24) is 10.6 Å². The Hall–Kier alpha value is -1.07. The molecule has 0 saturated heterocycles. The summed E-state index contributed by atoms with van der Waals surface area (Å²) in [5.41, 5.74) is 0.800. The van der Waals surface area contributed by atoms with Crippen LogP contribution >= 0.6 is 11.8 Å². The van der Waals surface area contributed by atoms with Crippen LogP contribution in [-0.2, 0) is 4.79 Å². The van der Waals surface area contributed by atoms with Gasteiger partial charge in [-0.15, -0.1) is 11.8 Å². The van der Waals surface area contributed by atoms with Crippen LogP contribution in [0.5, 0.6) is 0 Å². The molecule has 0 aromatic heterocycles. The minimum Gasteiger partial charge on any atom is -0.348 e. The zero-order chi connectivity index (χ0) is 14.8. The first-order chi connectivity index (χ1) is 9.35. The Bertz CT molecular complexity index is 499. The van der Waals surface area contributed by atoms with Crippen LogP contribution in [0.4, 0.5) is 4.39 Å². The van der Waals surface area contributed by atoms with E-state index >= 15 is 0 Å². The van der Waals surface area contributed by atoms with E-state index in [1.807, 2.05) is 20.8 Å². The van der Waals surface area contributed by atoms with E-state index in [0.717, 1.165) is 22.6 Å². The normalized spacial score (nSPS) is 18.5. The highest BCUT2D eigenvalue weighted by Gasteiger charge is 2.23. The predicted octanol–water partition coefficient (Wildman–Crippen LogP) is 2.87. The fourth-order valence-corrected chi connectivity index (χ4v) is 3.21. The molecule has 0 bridgehead atoms. The summed E-state index contributed by atoms with van der Waals surface area (Å²) in [6, 6.07) is 4.71. The summed E-state index contributed by atoms with van der Waals surface area (Å²) in [5.74, 6) is 0.640. The summed E-state index contributed by atoms with van der Waals surface area (Å²) >= 11 is 1.71. The molecule has 20 heavy (non-hydrogen) atoms. The molecule has 0 radical (unpaired) electrons. The van der Waals surface area contributed by atoms with Gasteiger partial charge < -0.3 is 10.6 Å². The number of hydrogen-bond acceptors (Lipinski definition) is 3. The number of carbonyl (C=O) groups is 1. The number of nitrogens with one attached hydrogen (secondary N) is 2. The quantitative estimate of drug-likeness (QED) is 0.901. The van der Waals surface area contributed by atoms with Crippen molar-refractivity contribution >= 4 is 17.7 Å². The summed E-state index contributed by atoms with van der Waals surface area (Å²) in [7, 11) is 0. The Morgan fingerprint density at radius 2 is 2.20 bits per heavy atom. The maximum absolute atomic E-state index is 13.4. The van der Waals surface area contributed by atoms with E-state index in [9.17, 15) is 9.18 Å². The lowest BCUT2D eigenvalue weighted by molar-refractivity contribution is -0.121. The molecule has 1 heterocycles. The monoisotopic (exact) mass is 296 g/mol. The first-order valence-electron chi connectivity index (χ1n) is 6.82. The maximum Gasteiger partial charge on any atom is 0.234 e. The van der Waals surface area contributed by atoms with Gasteiger partial charge in [-0.05, 0) is 51.0 Å². The molecule has 1 aromatic carbocycles. The van der Waals surface area contributed by atoms with Crippen molar-refractivity contribution < 1.29 is 9.18 Å². The van der Waals surface area contributed by atoms with Gasteiger partial charge in [-0.2, -0.15) is 0 Å². The lowest BCUT2D eigenvalue weighted by Crippen LogP contribution is -2.44. The van der Waals surface area contributed by atoms with Gasteiger partial charge in [0.05, 0.1) is 12.6 Å². The Morgan fingerprint density at radius 3 is 2.90 bits per heavy atom. The van der Waals surface area contributed by atoms with Crippen LogP contribution in [0, 0.1) is 5.82 Å². The highest BCUT2D eigenvalue weighted by molar-refractivity contribution is 7.99. The van der Waals surface area contributed by atoms with Crippen molar-refractivity contribution in [3.63, 3.8) is 0 Å². The van der Waals surface area contributed by atoms with Crippen LogP contribution < -0.4 is 10.6 Å². The second-order valence-corrected chi connectivity index (χ2v) is 7.18. The molecule has 2 rings (SSSR count). The molecule has 3 nitrogen and oxygen atoms in total. The number of rotatable bonds is 3. The number of carbonyl (C=O) groups excluding carboxylic acids is 1. The third-order valence-corrected chi connectivity index (χ3v) is 4.25. The molecule has 0 saturated carbocycles. The molecule has 2 N–H and O–H groups in total. The van der Waals surface area contributed by atoms with Gasteiger partial charge >= 0.3 is 0 Å². The van der Waals surface area contributed by atoms with Crippen LogP contribution in [-0.4, -0.2) is 23.7 Å². The highest BCUT2D eigenvalue weighted by Crippen LogP contribution is 2.36. The Labute approximate surface area is 123 Å². The molecule has 1 unspecified atom stereocenters. The van der Waals surface area contributed by atoms with E-state index in [-0.39, 0.29) is 29.8 Å². The van der Waals surface area contributed by atoms with E-state index in [1.54, 1.807) is 17.8 Å². The summed E-state index contributed by atoms with van der Waals surface area (Å²) in [6.07, 6.45) is 0.836. The fourth-order valence-electron chi connectivity index (χ4n) is 2.11. The molecule has 0 fully saturated rings. The molecule has 1 aliphatic rings. The van der Waals surface area contributed by atoms with Crippen molar-refractivity contribution in [2.75, 3.05) is 12.3 Å². The summed E-state index contributed by atoms with van der Waals surface area (Å²) in [4.78, 5) is 13.0. The van der Waals surface area contributed by atoms with Gasteiger partial charge in [0.2, 0.25) is 5.91 Å². The second-order valence-electron chi connectivity index (χ2n) is 6.04. The molecule has 5 heteroatoms. The number of hydrogen-bond donors (Lipinski definition) is 2. The van der Waals surface area contributed by atoms with Gasteiger partial charge in [-0.25, -0.2) is 4.39 Å². The first kappa shape index (κ1) is 15.3. The minimum absolute atomic E-state index is 0.0490. The Morgan fingerprint density at radius 1 is 1.45 bits per heavy atom. The number of thioether (sulfide) groups is 1. The lowest BCUT2D eigenvalue weighted by Gasteiger charge is -2.27. The topological polar surface area (TPSA) is 41.1 Å². The van der Waals surface area contributed by atoms with E-state index in [0.29, 0.717) is 0 Å². The van der Waals surface area contributed by atoms with Crippen molar-refractivity contribution in [2.45, 2.75) is 43.7 Å². The molecule has 1 aromatic rings. The molecular formula is C15H21FN2OS. The van der Waals surface area contributed by atoms with Gasteiger partial charge in [-0.3, -0.25) is 4.79 Å². The van der Waals surface area contributed by atoms with Crippen LogP contribution in [0.2, 0.25) is 0 Å². The summed E-state index contributed by atoms with van der Waals surface area (Å²) < 4.78 is 13.4. The highest BCUT2D eigenvalue weighted by atomic mass is 32.2. The van der Waals surface area contributed by atoms with E-state index in [1.165, 1.54) is 12.1 Å². The van der Waals surface area contributed by atoms with Crippen molar-refractivity contribution in [2.24, 2.45) is 0 Å². The summed E-state index contributed by atoms with van der Waals surface area (Å²) in [5, 5.41) is 6.15. The van der Waals surface area contributed by atoms with Gasteiger partial charge in [-0.1, -0.05) is 0 Å². The zero-order valence-electron chi connectivity index (χ0n) is 12.1. The smallest absolute Gasteiger partial charge is 0.234 e. The van der Waals surface area contributed by atoms with E-state index in [2.05, 4.69) is 10.6 Å². The minimum atomic E-state index is -0.252. The summed E-state index contributed by atoms with van der Waals surface area (Å²) in [6.45, 7) is 6.32. The third kappa shape index (κ3) is 4.21. The average molecular weight is 296 g/mol. The van der Waals surface area contributed by atoms with Gasteiger partial charge in [0.25, 0.3) is 0 Å². The molecule has 0 spiro atoms. The number of benzene rings is 1. The number of amides is 1.